The standard InChI is InChI=1S/C16H28N5P/c1-6-19(7-2)22(17,20(8-3)9-4)16-14(5)18-15-12-10-11-13-21(15)16/h10-13,17H,6-9H2,1-5H3. The van der Waals surface area contributed by atoms with E-state index in [4.69, 9.17) is 4.98 Å². The number of aromatic nitrogens is 2. The van der Waals surface area contributed by atoms with Gasteiger partial charge in [-0.25, -0.2) is 4.98 Å². The minimum Gasteiger partial charge on any atom is -0.296 e. The molecule has 5 nitrogen and oxygen atoms in total. The Morgan fingerprint density at radius 2 is 1.59 bits per heavy atom. The summed E-state index contributed by atoms with van der Waals surface area (Å²) in [6.45, 7) is 14.1. The van der Waals surface area contributed by atoms with Crippen LogP contribution in [0.15, 0.2) is 24.4 Å². The Kier molecular flexibility index (Phi) is 5.43. The number of imidazole rings is 1. The fourth-order valence-corrected chi connectivity index (χ4v) is 6.69. The monoisotopic (exact) mass is 321 g/mol. The van der Waals surface area contributed by atoms with E-state index in [0.717, 1.165) is 43.0 Å². The van der Waals surface area contributed by atoms with Crippen molar-refractivity contribution in [1.29, 1.82) is 5.16 Å². The van der Waals surface area contributed by atoms with E-state index in [1.54, 1.807) is 0 Å². The molecule has 0 aliphatic carbocycles. The lowest BCUT2D eigenvalue weighted by atomic mass is 10.5. The lowest BCUT2D eigenvalue weighted by molar-refractivity contribution is 0.417. The molecule has 0 amide bonds. The molecule has 0 spiro atoms. The van der Waals surface area contributed by atoms with Crippen molar-refractivity contribution < 1.29 is 0 Å². The molecule has 0 aromatic carbocycles. The summed E-state index contributed by atoms with van der Waals surface area (Å²) in [5.41, 5.74) is 2.98. The molecule has 22 heavy (non-hydrogen) atoms. The minimum atomic E-state index is -2.36. The number of pyridine rings is 1. The van der Waals surface area contributed by atoms with Gasteiger partial charge in [0, 0.05) is 32.4 Å². The smallest absolute Gasteiger partial charge is 0.142 e. The highest BCUT2D eigenvalue weighted by atomic mass is 31.2. The molecule has 0 fully saturated rings. The third-order valence-electron chi connectivity index (χ3n) is 4.25. The van der Waals surface area contributed by atoms with Crippen LogP contribution in [0.1, 0.15) is 33.4 Å². The Morgan fingerprint density at radius 3 is 2.09 bits per heavy atom. The molecule has 0 atom stereocenters. The average molecular weight is 321 g/mol. The summed E-state index contributed by atoms with van der Waals surface area (Å²) in [5, 5.41) is 9.52. The van der Waals surface area contributed by atoms with Crippen LogP contribution in [0.2, 0.25) is 0 Å². The van der Waals surface area contributed by atoms with E-state index in [1.165, 1.54) is 0 Å². The van der Waals surface area contributed by atoms with Crippen LogP contribution in [0.5, 0.6) is 0 Å². The summed E-state index contributed by atoms with van der Waals surface area (Å²) in [6.07, 6.45) is 2.04. The Morgan fingerprint density at radius 1 is 1.05 bits per heavy atom. The van der Waals surface area contributed by atoms with Crippen molar-refractivity contribution in [2.24, 2.45) is 0 Å². The number of hydrogen-bond donors (Lipinski definition) is 1. The molecule has 0 radical (unpaired) electrons. The van der Waals surface area contributed by atoms with Crippen LogP contribution < -0.4 is 5.44 Å². The number of aryl methyl sites for hydroxylation is 1. The van der Waals surface area contributed by atoms with Gasteiger partial charge in [-0.15, -0.1) is 0 Å². The Labute approximate surface area is 133 Å². The lowest BCUT2D eigenvalue weighted by Crippen LogP contribution is -2.39. The van der Waals surface area contributed by atoms with Crippen LogP contribution in [0.3, 0.4) is 0 Å². The molecule has 122 valence electrons. The zero-order valence-corrected chi connectivity index (χ0v) is 15.3. The molecule has 0 bridgehead atoms. The zero-order valence-electron chi connectivity index (χ0n) is 14.4. The van der Waals surface area contributed by atoms with Gasteiger partial charge < -0.3 is 0 Å². The van der Waals surface area contributed by atoms with Gasteiger partial charge in [0.25, 0.3) is 0 Å². The molecular formula is C16H28N5P. The fourth-order valence-electron chi connectivity index (χ4n) is 3.19. The Hall–Kier alpha value is -1.16. The van der Waals surface area contributed by atoms with Crippen molar-refractivity contribution in [2.75, 3.05) is 26.2 Å². The van der Waals surface area contributed by atoms with E-state index in [-0.39, 0.29) is 0 Å². The van der Waals surface area contributed by atoms with E-state index < -0.39 is 7.36 Å². The SMILES string of the molecule is CCN(CC)P(=N)(c1c(C)nc2ccccn12)N(CC)CC. The lowest BCUT2D eigenvalue weighted by Gasteiger charge is -2.41. The van der Waals surface area contributed by atoms with Gasteiger partial charge >= 0.3 is 0 Å². The predicted octanol–water partition coefficient (Wildman–Crippen LogP) is 3.56. The largest absolute Gasteiger partial charge is 0.296 e. The minimum absolute atomic E-state index is 0.879. The van der Waals surface area contributed by atoms with E-state index in [9.17, 15) is 5.16 Å². The van der Waals surface area contributed by atoms with E-state index in [2.05, 4.69) is 41.4 Å². The molecule has 0 saturated carbocycles. The molecule has 0 saturated heterocycles. The van der Waals surface area contributed by atoms with Crippen molar-refractivity contribution in [3.05, 3.63) is 30.1 Å². The van der Waals surface area contributed by atoms with Crippen LogP contribution in [0, 0.1) is 12.1 Å². The number of nitrogens with zero attached hydrogens (tertiary/aromatic N) is 4. The quantitative estimate of drug-likeness (QED) is 0.793. The van der Waals surface area contributed by atoms with Crippen molar-refractivity contribution in [1.82, 2.24) is 18.7 Å². The van der Waals surface area contributed by atoms with Crippen LogP contribution in [-0.4, -0.2) is 44.9 Å². The van der Waals surface area contributed by atoms with Gasteiger partial charge in [-0.1, -0.05) is 33.8 Å². The summed E-state index contributed by atoms with van der Waals surface area (Å²) < 4.78 is 6.74. The molecular weight excluding hydrogens is 293 g/mol. The first-order valence-electron chi connectivity index (χ1n) is 8.13. The summed E-state index contributed by atoms with van der Waals surface area (Å²) in [5.74, 6) is 0. The molecule has 0 aliphatic heterocycles. The molecule has 1 N–H and O–H groups in total. The van der Waals surface area contributed by atoms with Crippen molar-refractivity contribution in [3.63, 3.8) is 0 Å². The summed E-state index contributed by atoms with van der Waals surface area (Å²) in [4.78, 5) is 4.70. The molecule has 2 aromatic rings. The van der Waals surface area contributed by atoms with Crippen LogP contribution >= 0.6 is 7.36 Å². The van der Waals surface area contributed by atoms with Gasteiger partial charge in [0.05, 0.1) is 5.69 Å². The summed E-state index contributed by atoms with van der Waals surface area (Å²) >= 11 is 0. The average Bonchev–Trinajstić information content (AvgIpc) is 2.85. The molecule has 0 aliphatic rings. The second kappa shape index (κ2) is 6.95. The number of hydrogen-bond acceptors (Lipinski definition) is 2. The van der Waals surface area contributed by atoms with Crippen LogP contribution in [0.4, 0.5) is 0 Å². The second-order valence-electron chi connectivity index (χ2n) is 5.33. The first-order valence-corrected chi connectivity index (χ1v) is 9.83. The van der Waals surface area contributed by atoms with Crippen molar-refractivity contribution in [2.45, 2.75) is 34.6 Å². The normalized spacial score (nSPS) is 12.7. The maximum atomic E-state index is 9.52. The highest BCUT2D eigenvalue weighted by molar-refractivity contribution is 7.68. The number of fused-ring (bicyclic) bond motifs is 1. The third kappa shape index (κ3) is 2.62. The summed E-state index contributed by atoms with van der Waals surface area (Å²) in [6, 6.07) is 6.04. The van der Waals surface area contributed by atoms with Gasteiger partial charge in [-0.05, 0) is 19.1 Å². The number of nitrogens with one attached hydrogen (secondary N) is 1. The van der Waals surface area contributed by atoms with E-state index >= 15 is 0 Å². The number of rotatable bonds is 7. The molecule has 2 heterocycles. The molecule has 6 heteroatoms. The maximum Gasteiger partial charge on any atom is 0.142 e. The molecule has 2 aromatic heterocycles. The third-order valence-corrected chi connectivity index (χ3v) is 8.15. The van der Waals surface area contributed by atoms with Gasteiger partial charge in [0.1, 0.15) is 18.4 Å². The van der Waals surface area contributed by atoms with Gasteiger partial charge in [-0.2, -0.15) is 0 Å². The first kappa shape index (κ1) is 17.2. The first-order chi connectivity index (χ1) is 10.5. The van der Waals surface area contributed by atoms with Crippen LogP contribution in [0.25, 0.3) is 5.65 Å². The molecule has 2 rings (SSSR count). The van der Waals surface area contributed by atoms with Crippen LogP contribution in [-0.2, 0) is 0 Å². The zero-order chi connectivity index (χ0) is 16.3. The Bertz CT molecular complexity index is 654. The Balaban J connectivity index is 2.77. The van der Waals surface area contributed by atoms with Gasteiger partial charge in [0.2, 0.25) is 0 Å². The highest BCUT2D eigenvalue weighted by Crippen LogP contribution is 2.53. The highest BCUT2D eigenvalue weighted by Gasteiger charge is 2.35. The fraction of sp³-hybridized carbons (Fsp3) is 0.562. The van der Waals surface area contributed by atoms with Crippen molar-refractivity contribution in [3.8, 4) is 0 Å². The van der Waals surface area contributed by atoms with E-state index in [0.29, 0.717) is 0 Å². The van der Waals surface area contributed by atoms with Gasteiger partial charge in [0.15, 0.2) is 0 Å². The second-order valence-corrected chi connectivity index (χ2v) is 8.09. The van der Waals surface area contributed by atoms with Crippen molar-refractivity contribution >= 4 is 18.4 Å². The molecule has 0 unspecified atom stereocenters. The topological polar surface area (TPSA) is 47.6 Å². The van der Waals surface area contributed by atoms with E-state index in [1.807, 2.05) is 31.3 Å². The predicted molar refractivity (Wildman–Crippen MR) is 95.0 cm³/mol. The van der Waals surface area contributed by atoms with Gasteiger partial charge in [-0.3, -0.25) is 18.9 Å². The maximum absolute atomic E-state index is 9.52. The summed E-state index contributed by atoms with van der Waals surface area (Å²) in [7, 11) is -2.36.